The van der Waals surface area contributed by atoms with E-state index in [1.165, 1.54) is 24.3 Å². The highest BCUT2D eigenvalue weighted by molar-refractivity contribution is 7.80. The summed E-state index contributed by atoms with van der Waals surface area (Å²) in [5.41, 5.74) is 0.433. The van der Waals surface area contributed by atoms with Gasteiger partial charge in [-0.05, 0) is 24.3 Å². The molecule has 1 aliphatic heterocycles. The zero-order valence-electron chi connectivity index (χ0n) is 10.1. The van der Waals surface area contributed by atoms with Crippen molar-refractivity contribution in [3.63, 3.8) is 0 Å². The van der Waals surface area contributed by atoms with Crippen molar-refractivity contribution in [3.8, 4) is 0 Å². The highest BCUT2D eigenvalue weighted by Crippen LogP contribution is 2.15. The molecule has 1 fully saturated rings. The molecular formula is C11H10N2O6S. The third kappa shape index (κ3) is 3.19. The standard InChI is InChI=1S/C11H10N2O6S/c14-9-5-6-10(15)13(9)19-11(16)7-1-3-8(4-2-7)12-20(17)18/h1-4,12H,5-6H2,(H,17,18). The number of hydrogen-bond acceptors (Lipinski definition) is 5. The van der Waals surface area contributed by atoms with Crippen LogP contribution >= 0.6 is 0 Å². The first kappa shape index (κ1) is 14.2. The van der Waals surface area contributed by atoms with Crippen LogP contribution in [0.4, 0.5) is 5.69 Å². The summed E-state index contributed by atoms with van der Waals surface area (Å²) < 4.78 is 21.4. The predicted molar refractivity (Wildman–Crippen MR) is 67.3 cm³/mol. The minimum Gasteiger partial charge on any atom is -0.325 e. The number of imide groups is 1. The molecule has 1 aliphatic rings. The second-order valence-corrected chi connectivity index (χ2v) is 4.59. The first-order chi connectivity index (χ1) is 9.47. The highest BCUT2D eigenvalue weighted by atomic mass is 32.2. The maximum atomic E-state index is 11.7. The van der Waals surface area contributed by atoms with Gasteiger partial charge in [0.15, 0.2) is 0 Å². The second-order valence-electron chi connectivity index (χ2n) is 3.89. The van der Waals surface area contributed by atoms with Crippen molar-refractivity contribution in [1.29, 1.82) is 0 Å². The average Bonchev–Trinajstić information content (AvgIpc) is 2.70. The van der Waals surface area contributed by atoms with E-state index in [0.717, 1.165) is 0 Å². The Bertz CT molecular complexity index is 569. The van der Waals surface area contributed by atoms with Gasteiger partial charge in [0.1, 0.15) is 0 Å². The molecule has 1 unspecified atom stereocenters. The molecule has 1 aromatic rings. The van der Waals surface area contributed by atoms with Gasteiger partial charge in [-0.1, -0.05) is 0 Å². The normalized spacial score (nSPS) is 16.1. The van der Waals surface area contributed by atoms with E-state index < -0.39 is 29.1 Å². The molecule has 2 amide bonds. The van der Waals surface area contributed by atoms with Crippen LogP contribution in [-0.4, -0.2) is 31.6 Å². The Morgan fingerprint density at radius 2 is 1.75 bits per heavy atom. The number of carbonyl (C=O) groups is 3. The van der Waals surface area contributed by atoms with Crippen molar-refractivity contribution in [1.82, 2.24) is 5.06 Å². The number of rotatable bonds is 4. The predicted octanol–water partition coefficient (Wildman–Crippen LogP) is 0.456. The van der Waals surface area contributed by atoms with Gasteiger partial charge in [0, 0.05) is 18.5 Å². The summed E-state index contributed by atoms with van der Waals surface area (Å²) >= 11 is -2.21. The summed E-state index contributed by atoms with van der Waals surface area (Å²) in [6.45, 7) is 0. The Hall–Kier alpha value is -2.26. The minimum atomic E-state index is -2.21. The van der Waals surface area contributed by atoms with Crippen molar-refractivity contribution < 1.29 is 28.0 Å². The lowest BCUT2D eigenvalue weighted by atomic mass is 10.2. The van der Waals surface area contributed by atoms with Crippen molar-refractivity contribution in [2.45, 2.75) is 12.8 Å². The van der Waals surface area contributed by atoms with Crippen LogP contribution in [0.15, 0.2) is 24.3 Å². The first-order valence-corrected chi connectivity index (χ1v) is 6.63. The average molecular weight is 298 g/mol. The summed E-state index contributed by atoms with van der Waals surface area (Å²) in [5.74, 6) is -1.97. The number of hydroxylamine groups is 2. The maximum absolute atomic E-state index is 11.7. The molecule has 20 heavy (non-hydrogen) atoms. The lowest BCUT2D eigenvalue weighted by Gasteiger charge is -2.12. The van der Waals surface area contributed by atoms with Crippen LogP contribution in [0.3, 0.4) is 0 Å². The Kier molecular flexibility index (Phi) is 4.11. The van der Waals surface area contributed by atoms with E-state index >= 15 is 0 Å². The quantitative estimate of drug-likeness (QED) is 0.616. The van der Waals surface area contributed by atoms with Gasteiger partial charge in [0.25, 0.3) is 23.1 Å². The molecule has 2 N–H and O–H groups in total. The molecule has 0 spiro atoms. The van der Waals surface area contributed by atoms with Crippen molar-refractivity contribution in [3.05, 3.63) is 29.8 Å². The van der Waals surface area contributed by atoms with Crippen LogP contribution in [-0.2, 0) is 25.7 Å². The van der Waals surface area contributed by atoms with Crippen LogP contribution in [0.1, 0.15) is 23.2 Å². The molecule has 0 aliphatic carbocycles. The highest BCUT2D eigenvalue weighted by Gasteiger charge is 2.33. The molecule has 1 aromatic carbocycles. The van der Waals surface area contributed by atoms with E-state index in [1.54, 1.807) is 0 Å². The number of nitrogens with one attached hydrogen (secondary N) is 1. The largest absolute Gasteiger partial charge is 0.363 e. The van der Waals surface area contributed by atoms with Crippen LogP contribution in [0.5, 0.6) is 0 Å². The van der Waals surface area contributed by atoms with Gasteiger partial charge in [-0.3, -0.25) is 18.9 Å². The summed E-state index contributed by atoms with van der Waals surface area (Å²) in [4.78, 5) is 39.0. The van der Waals surface area contributed by atoms with E-state index in [-0.39, 0.29) is 18.4 Å². The lowest BCUT2D eigenvalue weighted by Crippen LogP contribution is -2.32. The summed E-state index contributed by atoms with van der Waals surface area (Å²) in [6.07, 6.45) is 0.0502. The molecule has 106 valence electrons. The Morgan fingerprint density at radius 3 is 2.25 bits per heavy atom. The Labute approximate surface area is 116 Å². The number of anilines is 1. The van der Waals surface area contributed by atoms with Gasteiger partial charge in [-0.15, -0.1) is 5.06 Å². The fourth-order valence-electron chi connectivity index (χ4n) is 1.57. The van der Waals surface area contributed by atoms with Crippen molar-refractivity contribution in [2.24, 2.45) is 0 Å². The first-order valence-electron chi connectivity index (χ1n) is 5.53. The fraction of sp³-hybridized carbons (Fsp3) is 0.182. The van der Waals surface area contributed by atoms with Gasteiger partial charge >= 0.3 is 5.97 Å². The van der Waals surface area contributed by atoms with E-state index in [0.29, 0.717) is 10.8 Å². The number of amides is 2. The molecule has 0 aromatic heterocycles. The summed E-state index contributed by atoms with van der Waals surface area (Å²) in [7, 11) is 0. The smallest absolute Gasteiger partial charge is 0.325 e. The summed E-state index contributed by atoms with van der Waals surface area (Å²) in [5, 5.41) is 0.456. The van der Waals surface area contributed by atoms with E-state index in [9.17, 15) is 18.6 Å². The van der Waals surface area contributed by atoms with Gasteiger partial charge in [0.2, 0.25) is 0 Å². The topological polar surface area (TPSA) is 113 Å². The number of benzene rings is 1. The third-order valence-electron chi connectivity index (χ3n) is 2.51. The summed E-state index contributed by atoms with van der Waals surface area (Å²) in [6, 6.07) is 5.45. The number of carbonyl (C=O) groups excluding carboxylic acids is 3. The molecule has 1 saturated heterocycles. The van der Waals surface area contributed by atoms with Crippen LogP contribution in [0, 0.1) is 0 Å². The van der Waals surface area contributed by atoms with E-state index in [4.69, 9.17) is 9.39 Å². The van der Waals surface area contributed by atoms with Gasteiger partial charge in [0.05, 0.1) is 5.56 Å². The molecular weight excluding hydrogens is 288 g/mol. The number of nitrogens with zero attached hydrogens (tertiary/aromatic N) is 1. The second kappa shape index (κ2) is 5.80. The lowest BCUT2D eigenvalue weighted by molar-refractivity contribution is -0.172. The Morgan fingerprint density at radius 1 is 1.20 bits per heavy atom. The van der Waals surface area contributed by atoms with Crippen LogP contribution < -0.4 is 4.72 Å². The van der Waals surface area contributed by atoms with Crippen LogP contribution in [0.25, 0.3) is 0 Å². The zero-order chi connectivity index (χ0) is 14.7. The molecule has 8 nitrogen and oxygen atoms in total. The molecule has 0 saturated carbocycles. The van der Waals surface area contributed by atoms with Gasteiger partial charge in [-0.25, -0.2) is 9.00 Å². The zero-order valence-corrected chi connectivity index (χ0v) is 10.9. The molecule has 9 heteroatoms. The molecule has 0 radical (unpaired) electrons. The molecule has 1 atom stereocenters. The minimum absolute atomic E-state index is 0.0251. The molecule has 1 heterocycles. The van der Waals surface area contributed by atoms with Crippen molar-refractivity contribution in [2.75, 3.05) is 4.72 Å². The SMILES string of the molecule is O=C(ON1C(=O)CCC1=O)c1ccc(NS(=O)O)cc1. The molecule has 2 rings (SSSR count). The monoisotopic (exact) mass is 298 g/mol. The van der Waals surface area contributed by atoms with Crippen LogP contribution in [0.2, 0.25) is 0 Å². The van der Waals surface area contributed by atoms with E-state index in [2.05, 4.69) is 4.72 Å². The fourth-order valence-corrected chi connectivity index (χ4v) is 1.91. The maximum Gasteiger partial charge on any atom is 0.363 e. The van der Waals surface area contributed by atoms with E-state index in [1.807, 2.05) is 0 Å². The molecule has 0 bridgehead atoms. The number of hydrogen-bond donors (Lipinski definition) is 2. The van der Waals surface area contributed by atoms with Crippen molar-refractivity contribution >= 4 is 34.7 Å². The Balaban J connectivity index is 2.04. The third-order valence-corrected chi connectivity index (χ3v) is 2.92. The van der Waals surface area contributed by atoms with Gasteiger partial charge in [-0.2, -0.15) is 0 Å². The van der Waals surface area contributed by atoms with Gasteiger partial charge < -0.3 is 4.84 Å².